The Morgan fingerprint density at radius 2 is 2.05 bits per heavy atom. The SMILES string of the molecule is O=C(O)C1C2CC2CN1C(=O)OCc1ccccc1. The lowest BCUT2D eigenvalue weighted by molar-refractivity contribution is -0.142. The van der Waals surface area contributed by atoms with Crippen molar-refractivity contribution in [2.75, 3.05) is 6.54 Å². The van der Waals surface area contributed by atoms with Crippen LogP contribution in [0.25, 0.3) is 0 Å². The summed E-state index contributed by atoms with van der Waals surface area (Å²) in [5.74, 6) is -0.450. The molecule has 5 nitrogen and oxygen atoms in total. The van der Waals surface area contributed by atoms with Gasteiger partial charge in [0.25, 0.3) is 0 Å². The van der Waals surface area contributed by atoms with Crippen molar-refractivity contribution in [3.05, 3.63) is 35.9 Å². The molecule has 1 saturated heterocycles. The number of aliphatic carboxylic acids is 1. The van der Waals surface area contributed by atoms with Crippen molar-refractivity contribution >= 4 is 12.1 Å². The third kappa shape index (κ3) is 2.28. The van der Waals surface area contributed by atoms with Gasteiger partial charge in [0.05, 0.1) is 0 Å². The first-order valence-electron chi connectivity index (χ1n) is 6.37. The maximum absolute atomic E-state index is 11.9. The smallest absolute Gasteiger partial charge is 0.410 e. The largest absolute Gasteiger partial charge is 0.480 e. The van der Waals surface area contributed by atoms with Gasteiger partial charge in [-0.15, -0.1) is 0 Å². The number of nitrogens with zero attached hydrogens (tertiary/aromatic N) is 1. The summed E-state index contributed by atoms with van der Waals surface area (Å²) in [4.78, 5) is 24.5. The zero-order valence-electron chi connectivity index (χ0n) is 10.4. The highest BCUT2D eigenvalue weighted by Crippen LogP contribution is 2.49. The maximum Gasteiger partial charge on any atom is 0.410 e. The van der Waals surface area contributed by atoms with Gasteiger partial charge in [-0.1, -0.05) is 30.3 Å². The Kier molecular flexibility index (Phi) is 2.89. The number of hydrogen-bond donors (Lipinski definition) is 1. The molecule has 3 atom stereocenters. The summed E-state index contributed by atoms with van der Waals surface area (Å²) < 4.78 is 5.18. The summed E-state index contributed by atoms with van der Waals surface area (Å²) in [6.45, 7) is 0.688. The molecule has 2 aliphatic rings. The zero-order chi connectivity index (χ0) is 13.4. The molecule has 100 valence electrons. The molecule has 2 fully saturated rings. The number of carbonyl (C=O) groups excluding carboxylic acids is 1. The van der Waals surface area contributed by atoms with Crippen LogP contribution in [0.1, 0.15) is 12.0 Å². The highest BCUT2D eigenvalue weighted by atomic mass is 16.6. The van der Waals surface area contributed by atoms with Gasteiger partial charge in [-0.25, -0.2) is 9.59 Å². The molecule has 1 saturated carbocycles. The summed E-state index contributed by atoms with van der Waals surface area (Å²) in [6.07, 6.45) is 0.392. The molecule has 19 heavy (non-hydrogen) atoms. The van der Waals surface area contributed by atoms with Crippen molar-refractivity contribution < 1.29 is 19.4 Å². The van der Waals surface area contributed by atoms with E-state index in [4.69, 9.17) is 9.84 Å². The van der Waals surface area contributed by atoms with E-state index in [1.165, 1.54) is 4.90 Å². The Hall–Kier alpha value is -2.04. The summed E-state index contributed by atoms with van der Waals surface area (Å²) in [5, 5.41) is 9.17. The molecule has 0 radical (unpaired) electrons. The number of likely N-dealkylation sites (tertiary alicyclic amines) is 1. The van der Waals surface area contributed by atoms with Crippen LogP contribution in [0, 0.1) is 11.8 Å². The molecule has 0 bridgehead atoms. The predicted molar refractivity (Wildman–Crippen MR) is 66.4 cm³/mol. The second kappa shape index (κ2) is 4.57. The third-order valence-corrected chi connectivity index (χ3v) is 3.84. The topological polar surface area (TPSA) is 66.8 Å². The molecule has 1 N–H and O–H groups in total. The molecule has 3 unspecified atom stereocenters. The Morgan fingerprint density at radius 1 is 1.32 bits per heavy atom. The lowest BCUT2D eigenvalue weighted by Crippen LogP contribution is -2.43. The van der Waals surface area contributed by atoms with Gasteiger partial charge in [0.1, 0.15) is 12.6 Å². The number of amides is 1. The quantitative estimate of drug-likeness (QED) is 0.899. The van der Waals surface area contributed by atoms with Crippen molar-refractivity contribution in [2.24, 2.45) is 11.8 Å². The van der Waals surface area contributed by atoms with Gasteiger partial charge in [0.15, 0.2) is 0 Å². The van der Waals surface area contributed by atoms with Crippen molar-refractivity contribution in [1.82, 2.24) is 4.90 Å². The van der Waals surface area contributed by atoms with Crippen molar-refractivity contribution in [3.63, 3.8) is 0 Å². The van der Waals surface area contributed by atoms with Crippen molar-refractivity contribution in [3.8, 4) is 0 Å². The van der Waals surface area contributed by atoms with E-state index < -0.39 is 18.1 Å². The first-order valence-corrected chi connectivity index (χ1v) is 6.37. The van der Waals surface area contributed by atoms with Crippen molar-refractivity contribution in [1.29, 1.82) is 0 Å². The molecule has 1 heterocycles. The molecule has 1 aliphatic heterocycles. The molecular formula is C14H15NO4. The van der Waals surface area contributed by atoms with Crippen LogP contribution < -0.4 is 0 Å². The van der Waals surface area contributed by atoms with Gasteiger partial charge in [0.2, 0.25) is 0 Å². The van der Waals surface area contributed by atoms with Gasteiger partial charge in [-0.3, -0.25) is 4.90 Å². The van der Waals surface area contributed by atoms with Gasteiger partial charge in [-0.2, -0.15) is 0 Å². The number of piperidine rings is 1. The maximum atomic E-state index is 11.9. The van der Waals surface area contributed by atoms with Crippen LogP contribution in [0.3, 0.4) is 0 Å². The van der Waals surface area contributed by atoms with E-state index in [9.17, 15) is 9.59 Å². The molecule has 5 heteroatoms. The van der Waals surface area contributed by atoms with E-state index >= 15 is 0 Å². The fraction of sp³-hybridized carbons (Fsp3) is 0.429. The Labute approximate surface area is 110 Å². The van der Waals surface area contributed by atoms with Gasteiger partial charge < -0.3 is 9.84 Å². The summed E-state index contributed by atoms with van der Waals surface area (Å²) in [5.41, 5.74) is 0.895. The Balaban J connectivity index is 1.60. The monoisotopic (exact) mass is 261 g/mol. The van der Waals surface area contributed by atoms with E-state index in [0.29, 0.717) is 12.5 Å². The number of benzene rings is 1. The fourth-order valence-electron chi connectivity index (χ4n) is 2.77. The third-order valence-electron chi connectivity index (χ3n) is 3.84. The van der Waals surface area contributed by atoms with Crippen LogP contribution in [0.5, 0.6) is 0 Å². The first-order chi connectivity index (χ1) is 9.16. The molecule has 1 amide bonds. The van der Waals surface area contributed by atoms with Gasteiger partial charge in [0, 0.05) is 6.54 Å². The van der Waals surface area contributed by atoms with E-state index in [1.54, 1.807) is 0 Å². The number of fused-ring (bicyclic) bond motifs is 1. The van der Waals surface area contributed by atoms with Crippen LogP contribution in [0.4, 0.5) is 4.79 Å². The molecule has 3 rings (SSSR count). The molecule has 1 aliphatic carbocycles. The second-order valence-electron chi connectivity index (χ2n) is 5.14. The van der Waals surface area contributed by atoms with E-state index in [-0.39, 0.29) is 12.5 Å². The molecular weight excluding hydrogens is 246 g/mol. The van der Waals surface area contributed by atoms with Gasteiger partial charge >= 0.3 is 12.1 Å². The van der Waals surface area contributed by atoms with Crippen LogP contribution in [-0.2, 0) is 16.1 Å². The number of carboxylic acids is 1. The van der Waals surface area contributed by atoms with Crippen LogP contribution >= 0.6 is 0 Å². The van der Waals surface area contributed by atoms with Gasteiger partial charge in [-0.05, 0) is 23.8 Å². The standard InChI is InChI=1S/C14H15NO4/c16-13(17)12-11-6-10(11)7-15(12)14(18)19-8-9-4-2-1-3-5-9/h1-5,10-12H,6-8H2,(H,16,17). The molecule has 1 aromatic rings. The van der Waals surface area contributed by atoms with Crippen molar-refractivity contribution in [2.45, 2.75) is 19.1 Å². The fourth-order valence-corrected chi connectivity index (χ4v) is 2.77. The van der Waals surface area contributed by atoms with E-state index in [1.807, 2.05) is 30.3 Å². The average molecular weight is 261 g/mol. The minimum Gasteiger partial charge on any atom is -0.480 e. The summed E-state index contributed by atoms with van der Waals surface area (Å²) in [7, 11) is 0. The highest BCUT2D eigenvalue weighted by Gasteiger charge is 2.57. The highest BCUT2D eigenvalue weighted by molar-refractivity contribution is 5.82. The first kappa shape index (κ1) is 12.0. The van der Waals surface area contributed by atoms with E-state index in [2.05, 4.69) is 0 Å². The lowest BCUT2D eigenvalue weighted by atomic mass is 10.2. The predicted octanol–water partition coefficient (Wildman–Crippen LogP) is 1.73. The molecule has 1 aromatic carbocycles. The number of ether oxygens (including phenoxy) is 1. The molecule has 0 aromatic heterocycles. The summed E-state index contributed by atoms with van der Waals surface area (Å²) >= 11 is 0. The normalized spacial score (nSPS) is 27.8. The number of carboxylic acid groups (broad SMARTS) is 1. The zero-order valence-corrected chi connectivity index (χ0v) is 10.4. The Bertz CT molecular complexity index is 501. The van der Waals surface area contributed by atoms with Crippen LogP contribution in [0.2, 0.25) is 0 Å². The lowest BCUT2D eigenvalue weighted by Gasteiger charge is -2.23. The second-order valence-corrected chi connectivity index (χ2v) is 5.14. The number of rotatable bonds is 3. The average Bonchev–Trinajstić information content (AvgIpc) is 3.07. The van der Waals surface area contributed by atoms with Crippen LogP contribution in [0.15, 0.2) is 30.3 Å². The molecule has 0 spiro atoms. The number of carbonyl (C=O) groups is 2. The number of hydrogen-bond acceptors (Lipinski definition) is 3. The minimum absolute atomic E-state index is 0.127. The summed E-state index contributed by atoms with van der Waals surface area (Å²) in [6, 6.07) is 8.66. The Morgan fingerprint density at radius 3 is 2.74 bits per heavy atom. The van der Waals surface area contributed by atoms with Crippen LogP contribution in [-0.4, -0.2) is 34.7 Å². The van der Waals surface area contributed by atoms with E-state index in [0.717, 1.165) is 12.0 Å². The minimum atomic E-state index is -0.929.